The monoisotopic (exact) mass is 313 g/mol. The van der Waals surface area contributed by atoms with Gasteiger partial charge in [-0.15, -0.1) is 0 Å². The summed E-state index contributed by atoms with van der Waals surface area (Å²) >= 11 is 0. The van der Waals surface area contributed by atoms with Crippen molar-refractivity contribution in [2.45, 2.75) is 65.0 Å². The fraction of sp³-hybridized carbons (Fsp3) is 0.579. The van der Waals surface area contributed by atoms with Crippen molar-refractivity contribution in [1.82, 2.24) is 5.32 Å². The van der Waals surface area contributed by atoms with E-state index in [0.29, 0.717) is 0 Å². The molecule has 0 bridgehead atoms. The predicted octanol–water partition coefficient (Wildman–Crippen LogP) is 3.42. The maximum atomic E-state index is 12.5. The van der Waals surface area contributed by atoms with Gasteiger partial charge in [0.15, 0.2) is 0 Å². The Morgan fingerprint density at radius 1 is 1.26 bits per heavy atom. The average molecular weight is 313 g/mol. The second kappa shape index (κ2) is 7.04. The molecule has 124 valence electrons. The molecular formula is C19H27N3O. The first-order valence-electron chi connectivity index (χ1n) is 8.48. The third kappa shape index (κ3) is 3.85. The van der Waals surface area contributed by atoms with Crippen LogP contribution in [-0.4, -0.2) is 17.5 Å². The van der Waals surface area contributed by atoms with Gasteiger partial charge in [-0.25, -0.2) is 0 Å². The highest BCUT2D eigenvalue weighted by Gasteiger charge is 2.31. The summed E-state index contributed by atoms with van der Waals surface area (Å²) in [6, 6.07) is 8.10. The predicted molar refractivity (Wildman–Crippen MR) is 93.2 cm³/mol. The van der Waals surface area contributed by atoms with Gasteiger partial charge in [0.25, 0.3) is 0 Å². The van der Waals surface area contributed by atoms with Crippen molar-refractivity contribution in [1.29, 1.82) is 5.26 Å². The fourth-order valence-corrected chi connectivity index (χ4v) is 2.88. The topological polar surface area (TPSA) is 64.9 Å². The highest BCUT2D eigenvalue weighted by molar-refractivity contribution is 5.85. The Morgan fingerprint density at radius 3 is 2.61 bits per heavy atom. The molecule has 1 aliphatic carbocycles. The molecule has 1 aromatic rings. The van der Waals surface area contributed by atoms with Gasteiger partial charge < -0.3 is 10.6 Å². The number of nitrogens with zero attached hydrogens (tertiary/aromatic N) is 1. The summed E-state index contributed by atoms with van der Waals surface area (Å²) in [7, 11) is 0. The molecule has 23 heavy (non-hydrogen) atoms. The number of nitriles is 1. The van der Waals surface area contributed by atoms with Crippen molar-refractivity contribution in [3.63, 3.8) is 0 Å². The number of carbonyl (C=O) groups is 1. The lowest BCUT2D eigenvalue weighted by atomic mass is 9.89. The molecule has 0 saturated carbocycles. The molecule has 1 amide bonds. The summed E-state index contributed by atoms with van der Waals surface area (Å²) in [5.74, 6) is -0.0932. The molecule has 0 heterocycles. The van der Waals surface area contributed by atoms with Crippen LogP contribution < -0.4 is 10.6 Å². The Kier molecular flexibility index (Phi) is 5.30. The van der Waals surface area contributed by atoms with Crippen LogP contribution in [0.5, 0.6) is 0 Å². The minimum Gasteiger partial charge on any atom is -0.374 e. The van der Waals surface area contributed by atoms with Crippen LogP contribution in [0.15, 0.2) is 18.2 Å². The Hall–Kier alpha value is -2.02. The summed E-state index contributed by atoms with van der Waals surface area (Å²) in [6.07, 6.45) is 4.62. The molecule has 0 aromatic heterocycles. The SMILES string of the molecule is CC(C)[C@](C)(C#N)NC(=O)[C@@H](C)Nc1cccc2c1CCCC2. The average Bonchev–Trinajstić information content (AvgIpc) is 2.54. The highest BCUT2D eigenvalue weighted by Crippen LogP contribution is 2.28. The quantitative estimate of drug-likeness (QED) is 0.875. The summed E-state index contributed by atoms with van der Waals surface area (Å²) in [5.41, 5.74) is 2.93. The van der Waals surface area contributed by atoms with Gasteiger partial charge in [0.1, 0.15) is 11.6 Å². The largest absolute Gasteiger partial charge is 0.374 e. The number of hydrogen-bond acceptors (Lipinski definition) is 3. The number of hydrogen-bond donors (Lipinski definition) is 2. The molecule has 2 N–H and O–H groups in total. The first-order chi connectivity index (χ1) is 10.9. The van der Waals surface area contributed by atoms with Gasteiger partial charge in [0.05, 0.1) is 6.07 Å². The van der Waals surface area contributed by atoms with E-state index in [2.05, 4.69) is 22.8 Å². The van der Waals surface area contributed by atoms with Crippen molar-refractivity contribution < 1.29 is 4.79 Å². The van der Waals surface area contributed by atoms with Gasteiger partial charge in [-0.05, 0) is 62.6 Å². The van der Waals surface area contributed by atoms with Gasteiger partial charge in [0, 0.05) is 5.69 Å². The van der Waals surface area contributed by atoms with Crippen molar-refractivity contribution in [3.8, 4) is 6.07 Å². The van der Waals surface area contributed by atoms with Crippen LogP contribution in [0, 0.1) is 17.2 Å². The standard InChI is InChI=1S/C19H27N3O/c1-13(2)19(4,12-20)22-18(23)14(3)21-17-11-7-9-15-8-5-6-10-16(15)17/h7,9,11,13-14,21H,5-6,8,10H2,1-4H3,(H,22,23)/t14-,19+/m1/s1. The molecule has 2 rings (SSSR count). The second-order valence-electron chi connectivity index (χ2n) is 6.97. The number of rotatable bonds is 5. The second-order valence-corrected chi connectivity index (χ2v) is 6.97. The van der Waals surface area contributed by atoms with Crippen LogP contribution >= 0.6 is 0 Å². The number of anilines is 1. The molecule has 2 atom stereocenters. The molecule has 0 unspecified atom stereocenters. The van der Waals surface area contributed by atoms with Gasteiger partial charge >= 0.3 is 0 Å². The van der Waals surface area contributed by atoms with Crippen molar-refractivity contribution in [2.24, 2.45) is 5.92 Å². The minimum absolute atomic E-state index is 0.0492. The molecule has 4 heteroatoms. The van der Waals surface area contributed by atoms with E-state index in [1.54, 1.807) is 6.92 Å². The Morgan fingerprint density at radius 2 is 1.96 bits per heavy atom. The fourth-order valence-electron chi connectivity index (χ4n) is 2.88. The van der Waals surface area contributed by atoms with Crippen LogP contribution in [0.2, 0.25) is 0 Å². The lowest BCUT2D eigenvalue weighted by molar-refractivity contribution is -0.123. The van der Waals surface area contributed by atoms with E-state index >= 15 is 0 Å². The molecule has 0 aliphatic heterocycles. The first kappa shape index (κ1) is 17.3. The summed E-state index contributed by atoms with van der Waals surface area (Å²) in [6.45, 7) is 7.49. The normalized spacial score (nSPS) is 17.6. The van der Waals surface area contributed by atoms with Gasteiger partial charge in [0.2, 0.25) is 5.91 Å². The number of carbonyl (C=O) groups excluding carboxylic acids is 1. The molecular weight excluding hydrogens is 286 g/mol. The maximum absolute atomic E-state index is 12.5. The summed E-state index contributed by atoms with van der Waals surface area (Å²) in [4.78, 5) is 12.5. The lowest BCUT2D eigenvalue weighted by Gasteiger charge is -2.29. The van der Waals surface area contributed by atoms with Crippen molar-refractivity contribution in [2.75, 3.05) is 5.32 Å². The number of benzene rings is 1. The highest BCUT2D eigenvalue weighted by atomic mass is 16.2. The van der Waals surface area contributed by atoms with E-state index < -0.39 is 5.54 Å². The summed E-state index contributed by atoms with van der Waals surface area (Å²) in [5, 5.41) is 15.6. The maximum Gasteiger partial charge on any atom is 0.243 e. The number of fused-ring (bicyclic) bond motifs is 1. The summed E-state index contributed by atoms with van der Waals surface area (Å²) < 4.78 is 0. The Balaban J connectivity index is 2.09. The van der Waals surface area contributed by atoms with Crippen LogP contribution in [0.1, 0.15) is 51.7 Å². The van der Waals surface area contributed by atoms with Crippen LogP contribution in [0.4, 0.5) is 5.69 Å². The number of amides is 1. The molecule has 1 aromatic carbocycles. The zero-order chi connectivity index (χ0) is 17.0. The van der Waals surface area contributed by atoms with Crippen LogP contribution in [0.25, 0.3) is 0 Å². The molecule has 1 aliphatic rings. The zero-order valence-electron chi connectivity index (χ0n) is 14.6. The third-order valence-corrected chi connectivity index (χ3v) is 4.93. The molecule has 0 radical (unpaired) electrons. The Labute approximate surface area is 139 Å². The molecule has 4 nitrogen and oxygen atoms in total. The van der Waals surface area contributed by atoms with Gasteiger partial charge in [-0.2, -0.15) is 5.26 Å². The van der Waals surface area contributed by atoms with Crippen molar-refractivity contribution >= 4 is 11.6 Å². The van der Waals surface area contributed by atoms with E-state index in [0.717, 1.165) is 18.5 Å². The van der Waals surface area contributed by atoms with E-state index in [1.807, 2.05) is 32.9 Å². The molecule has 0 saturated heterocycles. The molecule has 0 spiro atoms. The van der Waals surface area contributed by atoms with Gasteiger partial charge in [-0.3, -0.25) is 4.79 Å². The third-order valence-electron chi connectivity index (χ3n) is 4.93. The number of aryl methyl sites for hydroxylation is 1. The van der Waals surface area contributed by atoms with E-state index in [4.69, 9.17) is 0 Å². The smallest absolute Gasteiger partial charge is 0.243 e. The number of nitrogens with one attached hydrogen (secondary N) is 2. The van der Waals surface area contributed by atoms with Crippen molar-refractivity contribution in [3.05, 3.63) is 29.3 Å². The van der Waals surface area contributed by atoms with Gasteiger partial charge in [-0.1, -0.05) is 26.0 Å². The first-order valence-corrected chi connectivity index (χ1v) is 8.48. The van der Waals surface area contributed by atoms with E-state index in [1.165, 1.54) is 24.0 Å². The molecule has 0 fully saturated rings. The minimum atomic E-state index is -0.844. The Bertz CT molecular complexity index is 618. The lowest BCUT2D eigenvalue weighted by Crippen LogP contribution is -2.53. The van der Waals surface area contributed by atoms with E-state index in [-0.39, 0.29) is 17.9 Å². The van der Waals surface area contributed by atoms with Crippen LogP contribution in [0.3, 0.4) is 0 Å². The van der Waals surface area contributed by atoms with Crippen LogP contribution in [-0.2, 0) is 17.6 Å². The van der Waals surface area contributed by atoms with E-state index in [9.17, 15) is 10.1 Å². The zero-order valence-corrected chi connectivity index (χ0v) is 14.6.